The molecule has 0 aromatic carbocycles. The molecule has 2 amide bonds. The van der Waals surface area contributed by atoms with E-state index in [4.69, 9.17) is 4.74 Å². The summed E-state index contributed by atoms with van der Waals surface area (Å²) in [5.74, 6) is 0.00701. The van der Waals surface area contributed by atoms with Crippen LogP contribution in [0, 0.1) is 0 Å². The lowest BCUT2D eigenvalue weighted by Crippen LogP contribution is -2.48. The van der Waals surface area contributed by atoms with Gasteiger partial charge in [0.25, 0.3) is 0 Å². The molecular formula is C15H29N3O3. The average molecular weight is 299 g/mol. The van der Waals surface area contributed by atoms with Gasteiger partial charge >= 0.3 is 6.09 Å². The van der Waals surface area contributed by atoms with Crippen LogP contribution in [0.2, 0.25) is 0 Å². The van der Waals surface area contributed by atoms with E-state index in [0.29, 0.717) is 19.6 Å². The summed E-state index contributed by atoms with van der Waals surface area (Å²) in [4.78, 5) is 25.5. The standard InChI is InChI=1S/C15H29N3O3/c1-6-8-16-13(19)11(2)17-12-7-9-18(10-12)14(20)21-15(3,4)5/h11-12,17H,6-10H2,1-5H3,(H,16,19). The fourth-order valence-electron chi connectivity index (χ4n) is 2.22. The minimum atomic E-state index is -0.476. The maximum Gasteiger partial charge on any atom is 0.410 e. The summed E-state index contributed by atoms with van der Waals surface area (Å²) >= 11 is 0. The Balaban J connectivity index is 2.37. The Bertz CT molecular complexity index is 366. The molecule has 0 aromatic heterocycles. The van der Waals surface area contributed by atoms with Crippen LogP contribution >= 0.6 is 0 Å². The monoisotopic (exact) mass is 299 g/mol. The first-order valence-corrected chi connectivity index (χ1v) is 7.74. The summed E-state index contributed by atoms with van der Waals surface area (Å²) in [5.41, 5.74) is -0.476. The summed E-state index contributed by atoms with van der Waals surface area (Å²) in [5, 5.41) is 6.14. The Morgan fingerprint density at radius 2 is 2.05 bits per heavy atom. The van der Waals surface area contributed by atoms with Crippen LogP contribution in [0.5, 0.6) is 0 Å². The summed E-state index contributed by atoms with van der Waals surface area (Å²) in [6, 6.07) is -0.111. The quantitative estimate of drug-likeness (QED) is 0.807. The highest BCUT2D eigenvalue weighted by Crippen LogP contribution is 2.15. The van der Waals surface area contributed by atoms with Crippen molar-refractivity contribution in [3.8, 4) is 0 Å². The van der Waals surface area contributed by atoms with Crippen molar-refractivity contribution in [2.75, 3.05) is 19.6 Å². The number of nitrogens with one attached hydrogen (secondary N) is 2. The van der Waals surface area contributed by atoms with Crippen LogP contribution in [-0.2, 0) is 9.53 Å². The van der Waals surface area contributed by atoms with Gasteiger partial charge in [0.2, 0.25) is 5.91 Å². The predicted octanol–water partition coefficient (Wildman–Crippen LogP) is 1.50. The van der Waals surface area contributed by atoms with Crippen molar-refractivity contribution < 1.29 is 14.3 Å². The number of hydrogen-bond acceptors (Lipinski definition) is 4. The molecular weight excluding hydrogens is 270 g/mol. The lowest BCUT2D eigenvalue weighted by Gasteiger charge is -2.25. The van der Waals surface area contributed by atoms with E-state index in [2.05, 4.69) is 10.6 Å². The van der Waals surface area contributed by atoms with Crippen molar-refractivity contribution in [3.63, 3.8) is 0 Å². The van der Waals surface area contributed by atoms with Crippen LogP contribution in [0.3, 0.4) is 0 Å². The third kappa shape index (κ3) is 6.33. The molecule has 21 heavy (non-hydrogen) atoms. The number of rotatable bonds is 5. The highest BCUT2D eigenvalue weighted by molar-refractivity contribution is 5.81. The first-order valence-electron chi connectivity index (χ1n) is 7.74. The largest absolute Gasteiger partial charge is 0.444 e. The molecule has 0 aliphatic carbocycles. The zero-order valence-corrected chi connectivity index (χ0v) is 13.9. The van der Waals surface area contributed by atoms with Crippen molar-refractivity contribution in [1.29, 1.82) is 0 Å². The Hall–Kier alpha value is -1.30. The number of likely N-dealkylation sites (tertiary alicyclic amines) is 1. The maximum atomic E-state index is 12.0. The molecule has 2 unspecified atom stereocenters. The highest BCUT2D eigenvalue weighted by Gasteiger charge is 2.31. The molecule has 1 saturated heterocycles. The zero-order valence-electron chi connectivity index (χ0n) is 13.9. The van der Waals surface area contributed by atoms with E-state index < -0.39 is 5.60 Å². The number of nitrogens with zero attached hydrogens (tertiary/aromatic N) is 1. The molecule has 6 heteroatoms. The first kappa shape index (κ1) is 17.8. The summed E-state index contributed by atoms with van der Waals surface area (Å²) in [7, 11) is 0. The second-order valence-corrected chi connectivity index (χ2v) is 6.59. The van der Waals surface area contributed by atoms with Gasteiger partial charge in [-0.3, -0.25) is 4.79 Å². The Kier molecular flexibility index (Phi) is 6.45. The topological polar surface area (TPSA) is 70.7 Å². The fourth-order valence-corrected chi connectivity index (χ4v) is 2.22. The van der Waals surface area contributed by atoms with Crippen LogP contribution in [0.1, 0.15) is 47.5 Å². The molecule has 1 aliphatic rings. The van der Waals surface area contributed by atoms with E-state index in [1.807, 2.05) is 34.6 Å². The molecule has 1 rings (SSSR count). The van der Waals surface area contributed by atoms with Crippen molar-refractivity contribution in [1.82, 2.24) is 15.5 Å². The minimum Gasteiger partial charge on any atom is -0.444 e. The van der Waals surface area contributed by atoms with E-state index in [0.717, 1.165) is 12.8 Å². The molecule has 122 valence electrons. The second kappa shape index (κ2) is 7.64. The van der Waals surface area contributed by atoms with Crippen molar-refractivity contribution in [2.45, 2.75) is 65.1 Å². The van der Waals surface area contributed by atoms with Gasteiger partial charge in [-0.2, -0.15) is 0 Å². The van der Waals surface area contributed by atoms with E-state index in [1.54, 1.807) is 4.90 Å². The molecule has 0 aromatic rings. The van der Waals surface area contributed by atoms with Gasteiger partial charge in [-0.05, 0) is 40.5 Å². The number of carbonyl (C=O) groups excluding carboxylic acids is 2. The molecule has 6 nitrogen and oxygen atoms in total. The number of amides is 2. The predicted molar refractivity (Wildman–Crippen MR) is 82.1 cm³/mol. The molecule has 0 spiro atoms. The van der Waals surface area contributed by atoms with Gasteiger partial charge in [0.05, 0.1) is 6.04 Å². The van der Waals surface area contributed by atoms with E-state index in [1.165, 1.54) is 0 Å². The number of hydrogen-bond donors (Lipinski definition) is 2. The molecule has 0 saturated carbocycles. The number of carbonyl (C=O) groups is 2. The van der Waals surface area contributed by atoms with Gasteiger partial charge in [-0.25, -0.2) is 4.79 Å². The van der Waals surface area contributed by atoms with Gasteiger partial charge < -0.3 is 20.3 Å². The van der Waals surface area contributed by atoms with Gasteiger partial charge in [0.15, 0.2) is 0 Å². The smallest absolute Gasteiger partial charge is 0.410 e. The highest BCUT2D eigenvalue weighted by atomic mass is 16.6. The maximum absolute atomic E-state index is 12.0. The average Bonchev–Trinajstić information content (AvgIpc) is 2.82. The summed E-state index contributed by atoms with van der Waals surface area (Å²) in [6.45, 7) is 11.4. The SMILES string of the molecule is CCCNC(=O)C(C)NC1CCN(C(=O)OC(C)(C)C)C1. The van der Waals surface area contributed by atoms with Crippen molar-refractivity contribution in [3.05, 3.63) is 0 Å². The third-order valence-electron chi connectivity index (χ3n) is 3.27. The first-order chi connectivity index (χ1) is 9.73. The Labute approximate surface area is 127 Å². The lowest BCUT2D eigenvalue weighted by atomic mass is 10.2. The van der Waals surface area contributed by atoms with Crippen molar-refractivity contribution >= 4 is 12.0 Å². The van der Waals surface area contributed by atoms with Crippen LogP contribution in [0.25, 0.3) is 0 Å². The second-order valence-electron chi connectivity index (χ2n) is 6.59. The minimum absolute atomic E-state index is 0.00701. The molecule has 2 atom stereocenters. The molecule has 2 N–H and O–H groups in total. The van der Waals surface area contributed by atoms with Crippen LogP contribution in [-0.4, -0.2) is 54.2 Å². The molecule has 1 fully saturated rings. The summed E-state index contributed by atoms with van der Waals surface area (Å²) < 4.78 is 5.36. The summed E-state index contributed by atoms with van der Waals surface area (Å²) in [6.07, 6.45) is 1.48. The molecule has 1 aliphatic heterocycles. The van der Waals surface area contributed by atoms with Gasteiger partial charge in [-0.15, -0.1) is 0 Å². The third-order valence-corrected chi connectivity index (χ3v) is 3.27. The molecule has 1 heterocycles. The van der Waals surface area contributed by atoms with Crippen LogP contribution < -0.4 is 10.6 Å². The number of ether oxygens (including phenoxy) is 1. The zero-order chi connectivity index (χ0) is 16.0. The van der Waals surface area contributed by atoms with Gasteiger partial charge in [-0.1, -0.05) is 6.92 Å². The molecule has 0 bridgehead atoms. The van der Waals surface area contributed by atoms with Crippen molar-refractivity contribution in [2.24, 2.45) is 0 Å². The normalized spacial score (nSPS) is 20.2. The van der Waals surface area contributed by atoms with Gasteiger partial charge in [0, 0.05) is 25.7 Å². The fraction of sp³-hybridized carbons (Fsp3) is 0.867. The van der Waals surface area contributed by atoms with E-state index in [9.17, 15) is 9.59 Å². The van der Waals surface area contributed by atoms with Gasteiger partial charge in [0.1, 0.15) is 5.60 Å². The Morgan fingerprint density at radius 3 is 2.62 bits per heavy atom. The van der Waals surface area contributed by atoms with Crippen LogP contribution in [0.15, 0.2) is 0 Å². The molecule has 0 radical (unpaired) electrons. The lowest BCUT2D eigenvalue weighted by molar-refractivity contribution is -0.122. The van der Waals surface area contributed by atoms with Crippen LogP contribution in [0.4, 0.5) is 4.79 Å². The Morgan fingerprint density at radius 1 is 1.38 bits per heavy atom. The van der Waals surface area contributed by atoms with E-state index >= 15 is 0 Å². The van der Waals surface area contributed by atoms with E-state index in [-0.39, 0.29) is 24.1 Å².